The standard InChI is InChI=1S/C16H17Cl2N5O3S2/c1-19-28(25,26)22-5-4-16(8-22)9-23(12-3-2-10(17)6-11(12)16)15(24)21-14-20-7-13(18)27-14/h2-3,6-7,19H,4-5,8-9H2,1H3,(H,20,21,24). The minimum absolute atomic E-state index is 0.274. The van der Waals surface area contributed by atoms with Crippen molar-refractivity contribution in [1.29, 1.82) is 0 Å². The highest BCUT2D eigenvalue weighted by Crippen LogP contribution is 2.47. The molecular weight excluding hydrogens is 445 g/mol. The van der Waals surface area contributed by atoms with Gasteiger partial charge in [0.25, 0.3) is 10.2 Å². The van der Waals surface area contributed by atoms with E-state index in [0.717, 1.165) is 5.56 Å². The van der Waals surface area contributed by atoms with E-state index >= 15 is 0 Å². The van der Waals surface area contributed by atoms with Crippen LogP contribution in [0.5, 0.6) is 0 Å². The molecular formula is C16H17Cl2N5O3S2. The van der Waals surface area contributed by atoms with Crippen LogP contribution in [0.15, 0.2) is 24.4 Å². The number of fused-ring (bicyclic) bond motifs is 2. The summed E-state index contributed by atoms with van der Waals surface area (Å²) in [5, 5.41) is 3.70. The molecule has 1 aromatic heterocycles. The predicted molar refractivity (Wildman–Crippen MR) is 111 cm³/mol. The second-order valence-electron chi connectivity index (χ2n) is 6.72. The molecule has 1 unspecified atom stereocenters. The maximum Gasteiger partial charge on any atom is 0.328 e. The Morgan fingerprint density at radius 3 is 2.79 bits per heavy atom. The van der Waals surface area contributed by atoms with Gasteiger partial charge in [-0.1, -0.05) is 34.5 Å². The predicted octanol–water partition coefficient (Wildman–Crippen LogP) is 2.91. The summed E-state index contributed by atoms with van der Waals surface area (Å²) in [7, 11) is -2.16. The van der Waals surface area contributed by atoms with Crippen LogP contribution in [-0.4, -0.2) is 50.4 Å². The molecule has 2 aliphatic heterocycles. The number of hydrogen-bond donors (Lipinski definition) is 2. The van der Waals surface area contributed by atoms with Gasteiger partial charge in [-0.15, -0.1) is 0 Å². The first-order chi connectivity index (χ1) is 13.2. The van der Waals surface area contributed by atoms with Crippen LogP contribution in [0.2, 0.25) is 9.36 Å². The topological polar surface area (TPSA) is 94.6 Å². The minimum Gasteiger partial charge on any atom is -0.293 e. The summed E-state index contributed by atoms with van der Waals surface area (Å²) in [5.41, 5.74) is 1.08. The highest BCUT2D eigenvalue weighted by atomic mass is 35.5. The van der Waals surface area contributed by atoms with Gasteiger partial charge in [-0.3, -0.25) is 10.2 Å². The van der Waals surface area contributed by atoms with Gasteiger partial charge < -0.3 is 0 Å². The van der Waals surface area contributed by atoms with Crippen molar-refractivity contribution in [2.45, 2.75) is 11.8 Å². The van der Waals surface area contributed by atoms with E-state index in [1.807, 2.05) is 6.07 Å². The number of nitrogens with one attached hydrogen (secondary N) is 2. The number of thiazole rings is 1. The van der Waals surface area contributed by atoms with Crippen molar-refractivity contribution < 1.29 is 13.2 Å². The van der Waals surface area contributed by atoms with E-state index in [1.165, 1.54) is 28.9 Å². The molecule has 4 rings (SSSR count). The lowest BCUT2D eigenvalue weighted by Crippen LogP contribution is -2.43. The van der Waals surface area contributed by atoms with Crippen molar-refractivity contribution in [3.63, 3.8) is 0 Å². The molecule has 2 N–H and O–H groups in total. The summed E-state index contributed by atoms with van der Waals surface area (Å²) in [6.45, 7) is 0.992. The lowest BCUT2D eigenvalue weighted by atomic mass is 9.82. The maximum absolute atomic E-state index is 12.9. The quantitative estimate of drug-likeness (QED) is 0.734. The molecule has 2 aliphatic rings. The number of urea groups is 1. The fourth-order valence-corrected chi connectivity index (χ4v) is 5.79. The molecule has 1 spiro atoms. The highest BCUT2D eigenvalue weighted by molar-refractivity contribution is 7.87. The van der Waals surface area contributed by atoms with Gasteiger partial charge in [0, 0.05) is 42.8 Å². The second kappa shape index (κ2) is 7.12. The second-order valence-corrected chi connectivity index (χ2v) is 10.7. The average molecular weight is 462 g/mol. The lowest BCUT2D eigenvalue weighted by molar-refractivity contribution is 0.256. The minimum atomic E-state index is -3.55. The molecule has 0 bridgehead atoms. The Bertz CT molecular complexity index is 1040. The SMILES string of the molecule is CNS(=O)(=O)N1CCC2(CN(C(=O)Nc3ncc(Cl)s3)c3ccc(Cl)cc32)C1. The van der Waals surface area contributed by atoms with Crippen molar-refractivity contribution >= 4 is 61.6 Å². The molecule has 28 heavy (non-hydrogen) atoms. The van der Waals surface area contributed by atoms with Gasteiger partial charge >= 0.3 is 6.03 Å². The van der Waals surface area contributed by atoms with E-state index in [0.29, 0.717) is 39.7 Å². The van der Waals surface area contributed by atoms with Crippen LogP contribution in [0.4, 0.5) is 15.6 Å². The molecule has 12 heteroatoms. The van der Waals surface area contributed by atoms with Crippen LogP contribution in [0.1, 0.15) is 12.0 Å². The zero-order chi connectivity index (χ0) is 20.1. The van der Waals surface area contributed by atoms with E-state index in [1.54, 1.807) is 17.0 Å². The number of nitrogens with zero attached hydrogens (tertiary/aromatic N) is 3. The Morgan fingerprint density at radius 1 is 1.32 bits per heavy atom. The summed E-state index contributed by atoms with van der Waals surface area (Å²) in [5.74, 6) is 0. The van der Waals surface area contributed by atoms with Crippen LogP contribution < -0.4 is 14.9 Å². The lowest BCUT2D eigenvalue weighted by Gasteiger charge is -2.25. The third kappa shape index (κ3) is 3.38. The van der Waals surface area contributed by atoms with Gasteiger partial charge in [0.15, 0.2) is 5.13 Å². The van der Waals surface area contributed by atoms with Crippen LogP contribution in [0.25, 0.3) is 0 Å². The largest absolute Gasteiger partial charge is 0.328 e. The maximum atomic E-state index is 12.9. The van der Waals surface area contributed by atoms with Crippen LogP contribution in [0.3, 0.4) is 0 Å². The first kappa shape index (κ1) is 19.9. The summed E-state index contributed by atoms with van der Waals surface area (Å²) in [6, 6.07) is 4.98. The Kier molecular flexibility index (Phi) is 5.05. The number of benzene rings is 1. The van der Waals surface area contributed by atoms with E-state index < -0.39 is 15.6 Å². The molecule has 1 atom stereocenters. The van der Waals surface area contributed by atoms with E-state index in [2.05, 4.69) is 15.0 Å². The first-order valence-electron chi connectivity index (χ1n) is 8.43. The van der Waals surface area contributed by atoms with Gasteiger partial charge in [0.05, 0.1) is 6.20 Å². The van der Waals surface area contributed by atoms with E-state index in [-0.39, 0.29) is 12.6 Å². The Balaban J connectivity index is 1.66. The van der Waals surface area contributed by atoms with Gasteiger partial charge in [-0.25, -0.2) is 14.5 Å². The number of carbonyl (C=O) groups excluding carboxylic acids is 1. The van der Waals surface area contributed by atoms with Crippen LogP contribution in [-0.2, 0) is 15.6 Å². The summed E-state index contributed by atoms with van der Waals surface area (Å²) in [4.78, 5) is 18.6. The van der Waals surface area contributed by atoms with Gasteiger partial charge in [-0.2, -0.15) is 12.7 Å². The highest BCUT2D eigenvalue weighted by Gasteiger charge is 2.51. The van der Waals surface area contributed by atoms with Gasteiger partial charge in [0.2, 0.25) is 0 Å². The molecule has 150 valence electrons. The molecule has 1 fully saturated rings. The van der Waals surface area contributed by atoms with Gasteiger partial charge in [0.1, 0.15) is 4.34 Å². The molecule has 0 radical (unpaired) electrons. The van der Waals surface area contributed by atoms with Crippen molar-refractivity contribution in [2.24, 2.45) is 0 Å². The fraction of sp³-hybridized carbons (Fsp3) is 0.375. The number of rotatable bonds is 3. The van der Waals surface area contributed by atoms with Gasteiger partial charge in [-0.05, 0) is 30.2 Å². The van der Waals surface area contributed by atoms with Crippen LogP contribution in [0, 0.1) is 0 Å². The number of hydrogen-bond acceptors (Lipinski definition) is 5. The Hall–Kier alpha value is -1.43. The molecule has 2 amide bonds. The normalized spacial score (nSPS) is 22.0. The molecule has 8 nitrogen and oxygen atoms in total. The summed E-state index contributed by atoms with van der Waals surface area (Å²) >= 11 is 13.3. The van der Waals surface area contributed by atoms with Crippen molar-refractivity contribution in [3.8, 4) is 0 Å². The monoisotopic (exact) mass is 461 g/mol. The molecule has 2 aromatic rings. The molecule has 0 saturated carbocycles. The van der Waals surface area contributed by atoms with Crippen LogP contribution >= 0.6 is 34.5 Å². The van der Waals surface area contributed by atoms with E-state index in [4.69, 9.17) is 23.2 Å². The first-order valence-corrected chi connectivity index (χ1v) is 11.4. The third-order valence-electron chi connectivity index (χ3n) is 5.13. The average Bonchev–Trinajstić information content (AvgIpc) is 3.35. The third-order valence-corrected chi connectivity index (χ3v) is 7.91. The zero-order valence-corrected chi connectivity index (χ0v) is 17.9. The summed E-state index contributed by atoms with van der Waals surface area (Å²) < 4.78 is 28.7. The molecule has 0 aliphatic carbocycles. The Morgan fingerprint density at radius 2 is 2.11 bits per heavy atom. The summed E-state index contributed by atoms with van der Waals surface area (Å²) in [6.07, 6.45) is 2.06. The number of halogens is 2. The number of aromatic nitrogens is 1. The smallest absolute Gasteiger partial charge is 0.293 e. The molecule has 1 saturated heterocycles. The zero-order valence-electron chi connectivity index (χ0n) is 14.8. The van der Waals surface area contributed by atoms with Crippen molar-refractivity contribution in [2.75, 3.05) is 36.9 Å². The molecule has 3 heterocycles. The number of amides is 2. The Labute approximate surface area is 176 Å². The van der Waals surface area contributed by atoms with Crippen molar-refractivity contribution in [3.05, 3.63) is 39.3 Å². The van der Waals surface area contributed by atoms with Crippen molar-refractivity contribution in [1.82, 2.24) is 14.0 Å². The molecule has 1 aromatic carbocycles. The fourth-order valence-electron chi connectivity index (χ4n) is 3.81. The number of carbonyl (C=O) groups is 1. The number of anilines is 2. The van der Waals surface area contributed by atoms with E-state index in [9.17, 15) is 13.2 Å².